The van der Waals surface area contributed by atoms with Gasteiger partial charge in [0.05, 0.1) is 11.1 Å². The number of hydrogen-bond acceptors (Lipinski definition) is 3. The number of amides is 2. The summed E-state index contributed by atoms with van der Waals surface area (Å²) in [5, 5.41) is 0. The van der Waals surface area contributed by atoms with Crippen molar-refractivity contribution in [3.8, 4) is 0 Å². The van der Waals surface area contributed by atoms with E-state index in [0.29, 0.717) is 24.1 Å². The first-order valence-corrected chi connectivity index (χ1v) is 9.87. The fourth-order valence-corrected chi connectivity index (χ4v) is 4.08. The number of likely N-dealkylation sites (tertiary alicyclic amines) is 1. The Bertz CT molecular complexity index is 842. The Balaban J connectivity index is 1.38. The number of carbonyl (C=O) groups excluding carboxylic acids is 2. The fourth-order valence-electron chi connectivity index (χ4n) is 3.72. The third-order valence-corrected chi connectivity index (χ3v) is 5.68. The number of hydrogen-bond donors (Lipinski definition) is 0. The van der Waals surface area contributed by atoms with Gasteiger partial charge in [0.2, 0.25) is 0 Å². The largest absolute Gasteiger partial charge is 0.299 e. The maximum atomic E-state index is 12.5. The summed E-state index contributed by atoms with van der Waals surface area (Å²) in [6, 6.07) is 13.8. The van der Waals surface area contributed by atoms with E-state index in [1.54, 1.807) is 18.2 Å². The minimum atomic E-state index is -0.197. The second-order valence-electron chi connectivity index (χ2n) is 7.00. The van der Waals surface area contributed by atoms with Crippen molar-refractivity contribution in [1.29, 1.82) is 0 Å². The second-order valence-corrected chi connectivity index (χ2v) is 7.92. The highest BCUT2D eigenvalue weighted by Crippen LogP contribution is 2.26. The molecule has 134 valence electrons. The first kappa shape index (κ1) is 17.4. The Morgan fingerprint density at radius 3 is 2.23 bits per heavy atom. The third kappa shape index (κ3) is 3.46. The van der Waals surface area contributed by atoms with Gasteiger partial charge in [-0.05, 0) is 61.7 Å². The summed E-state index contributed by atoms with van der Waals surface area (Å²) in [4.78, 5) is 28.8. The molecule has 0 N–H and O–H groups in total. The molecule has 4 nitrogen and oxygen atoms in total. The molecule has 26 heavy (non-hydrogen) atoms. The molecular formula is C21H21BrN2O2. The van der Waals surface area contributed by atoms with Gasteiger partial charge in [-0.1, -0.05) is 40.2 Å². The summed E-state index contributed by atoms with van der Waals surface area (Å²) in [5.74, 6) is -0.389. The molecule has 2 aromatic carbocycles. The molecule has 0 unspecified atom stereocenters. The Morgan fingerprint density at radius 1 is 0.846 bits per heavy atom. The van der Waals surface area contributed by atoms with E-state index in [2.05, 4.69) is 45.1 Å². The number of nitrogens with zero attached hydrogens (tertiary/aromatic N) is 2. The van der Waals surface area contributed by atoms with Gasteiger partial charge in [0.15, 0.2) is 0 Å². The molecule has 1 saturated heterocycles. The SMILES string of the molecule is O=C1c2ccc(Br)cc2C(=O)N1CCc1ccc(CN2CCCC2)cc1. The van der Waals surface area contributed by atoms with Crippen molar-refractivity contribution >= 4 is 27.7 Å². The van der Waals surface area contributed by atoms with Crippen LogP contribution in [0.25, 0.3) is 0 Å². The molecule has 0 spiro atoms. The van der Waals surface area contributed by atoms with Gasteiger partial charge in [0.25, 0.3) is 11.8 Å². The van der Waals surface area contributed by atoms with Crippen LogP contribution in [0.15, 0.2) is 46.9 Å². The summed E-state index contributed by atoms with van der Waals surface area (Å²) in [5.41, 5.74) is 3.46. The van der Waals surface area contributed by atoms with Gasteiger partial charge in [0, 0.05) is 17.6 Å². The first-order valence-electron chi connectivity index (χ1n) is 9.08. The lowest BCUT2D eigenvalue weighted by atomic mass is 10.1. The smallest absolute Gasteiger partial charge is 0.261 e. The number of fused-ring (bicyclic) bond motifs is 1. The lowest BCUT2D eigenvalue weighted by Gasteiger charge is -2.16. The van der Waals surface area contributed by atoms with Crippen LogP contribution >= 0.6 is 15.9 Å². The fraction of sp³-hybridized carbons (Fsp3) is 0.333. The van der Waals surface area contributed by atoms with Crippen LogP contribution in [0.1, 0.15) is 44.7 Å². The first-order chi connectivity index (χ1) is 12.6. The van der Waals surface area contributed by atoms with Crippen molar-refractivity contribution in [3.63, 3.8) is 0 Å². The Kier molecular flexibility index (Phi) is 4.92. The van der Waals surface area contributed by atoms with Crippen LogP contribution in [0.5, 0.6) is 0 Å². The van der Waals surface area contributed by atoms with Crippen molar-refractivity contribution < 1.29 is 9.59 Å². The predicted octanol–water partition coefficient (Wildman–Crippen LogP) is 3.88. The summed E-state index contributed by atoms with van der Waals surface area (Å²) in [6.07, 6.45) is 3.28. The van der Waals surface area contributed by atoms with Gasteiger partial charge >= 0.3 is 0 Å². The summed E-state index contributed by atoms with van der Waals surface area (Å²) in [6.45, 7) is 3.80. The lowest BCUT2D eigenvalue weighted by Crippen LogP contribution is -2.31. The monoisotopic (exact) mass is 412 g/mol. The van der Waals surface area contributed by atoms with Crippen LogP contribution < -0.4 is 0 Å². The van der Waals surface area contributed by atoms with Gasteiger partial charge < -0.3 is 0 Å². The highest BCUT2D eigenvalue weighted by Gasteiger charge is 2.35. The van der Waals surface area contributed by atoms with Crippen LogP contribution in [0, 0.1) is 0 Å². The van der Waals surface area contributed by atoms with Gasteiger partial charge in [0.1, 0.15) is 0 Å². The number of halogens is 1. The van der Waals surface area contributed by atoms with Crippen molar-refractivity contribution in [2.75, 3.05) is 19.6 Å². The van der Waals surface area contributed by atoms with E-state index in [1.807, 2.05) is 0 Å². The summed E-state index contributed by atoms with van der Waals surface area (Å²) < 4.78 is 0.813. The second kappa shape index (κ2) is 7.33. The topological polar surface area (TPSA) is 40.6 Å². The third-order valence-electron chi connectivity index (χ3n) is 5.18. The van der Waals surface area contributed by atoms with E-state index in [1.165, 1.54) is 36.4 Å². The molecule has 2 aliphatic rings. The van der Waals surface area contributed by atoms with Crippen LogP contribution in [0.3, 0.4) is 0 Å². The molecule has 2 aliphatic heterocycles. The quantitative estimate of drug-likeness (QED) is 0.699. The molecule has 2 amide bonds. The Morgan fingerprint density at radius 2 is 1.50 bits per heavy atom. The lowest BCUT2D eigenvalue weighted by molar-refractivity contribution is 0.0656. The van der Waals surface area contributed by atoms with E-state index >= 15 is 0 Å². The Hall–Kier alpha value is -1.98. The molecule has 0 radical (unpaired) electrons. The van der Waals surface area contributed by atoms with E-state index < -0.39 is 0 Å². The van der Waals surface area contributed by atoms with Crippen LogP contribution in [0.2, 0.25) is 0 Å². The summed E-state index contributed by atoms with van der Waals surface area (Å²) in [7, 11) is 0. The van der Waals surface area contributed by atoms with Gasteiger partial charge in [-0.25, -0.2) is 0 Å². The van der Waals surface area contributed by atoms with Crippen LogP contribution in [-0.2, 0) is 13.0 Å². The molecule has 4 rings (SSSR count). The molecule has 0 aromatic heterocycles. The molecule has 2 heterocycles. The van der Waals surface area contributed by atoms with E-state index in [9.17, 15) is 9.59 Å². The minimum Gasteiger partial charge on any atom is -0.299 e. The zero-order valence-electron chi connectivity index (χ0n) is 14.6. The van der Waals surface area contributed by atoms with E-state index in [-0.39, 0.29) is 11.8 Å². The standard InChI is InChI=1S/C21H21BrN2O2/c22-17-7-8-18-19(13-17)21(26)24(20(18)25)12-9-15-3-5-16(6-4-15)14-23-10-1-2-11-23/h3-8,13H,1-2,9-12,14H2. The maximum absolute atomic E-state index is 12.5. The highest BCUT2D eigenvalue weighted by molar-refractivity contribution is 9.10. The Labute approximate surface area is 161 Å². The van der Waals surface area contributed by atoms with Gasteiger partial charge in [-0.2, -0.15) is 0 Å². The van der Waals surface area contributed by atoms with E-state index in [4.69, 9.17) is 0 Å². The maximum Gasteiger partial charge on any atom is 0.261 e. The van der Waals surface area contributed by atoms with Gasteiger partial charge in [-0.15, -0.1) is 0 Å². The van der Waals surface area contributed by atoms with Crippen molar-refractivity contribution in [2.45, 2.75) is 25.8 Å². The predicted molar refractivity (Wildman–Crippen MR) is 104 cm³/mol. The molecule has 0 atom stereocenters. The zero-order chi connectivity index (χ0) is 18.1. The number of rotatable bonds is 5. The van der Waals surface area contributed by atoms with Crippen molar-refractivity contribution in [3.05, 3.63) is 69.2 Å². The van der Waals surface area contributed by atoms with Crippen molar-refractivity contribution in [2.24, 2.45) is 0 Å². The molecule has 0 saturated carbocycles. The normalized spacial score (nSPS) is 17.2. The highest BCUT2D eigenvalue weighted by atomic mass is 79.9. The number of carbonyl (C=O) groups is 2. The molecule has 0 aliphatic carbocycles. The average molecular weight is 413 g/mol. The number of benzene rings is 2. The minimum absolute atomic E-state index is 0.192. The summed E-state index contributed by atoms with van der Waals surface area (Å²) >= 11 is 3.36. The molecule has 2 aromatic rings. The average Bonchev–Trinajstić information content (AvgIpc) is 3.23. The molecule has 5 heteroatoms. The van der Waals surface area contributed by atoms with E-state index in [0.717, 1.165) is 16.6 Å². The van der Waals surface area contributed by atoms with Crippen molar-refractivity contribution in [1.82, 2.24) is 9.80 Å². The van der Waals surface area contributed by atoms with Crippen LogP contribution in [-0.4, -0.2) is 41.2 Å². The number of imide groups is 1. The molecular weight excluding hydrogens is 392 g/mol. The molecule has 0 bridgehead atoms. The molecule has 1 fully saturated rings. The zero-order valence-corrected chi connectivity index (χ0v) is 16.2. The van der Waals surface area contributed by atoms with Gasteiger partial charge in [-0.3, -0.25) is 19.4 Å². The van der Waals surface area contributed by atoms with Crippen LogP contribution in [0.4, 0.5) is 0 Å².